The van der Waals surface area contributed by atoms with Crippen LogP contribution in [0.15, 0.2) is 18.2 Å². The molecule has 1 aromatic rings. The summed E-state index contributed by atoms with van der Waals surface area (Å²) in [5.41, 5.74) is 1.24. The van der Waals surface area contributed by atoms with Gasteiger partial charge in [-0.3, -0.25) is 0 Å². The Morgan fingerprint density at radius 3 is 2.55 bits per heavy atom. The molecule has 1 aliphatic heterocycles. The predicted molar refractivity (Wildman–Crippen MR) is 86.9 cm³/mol. The van der Waals surface area contributed by atoms with Crippen LogP contribution >= 0.6 is 0 Å². The van der Waals surface area contributed by atoms with Gasteiger partial charge < -0.3 is 15.5 Å². The Bertz CT molecular complexity index is 523. The zero-order valence-electron chi connectivity index (χ0n) is 12.9. The Morgan fingerprint density at radius 2 is 1.82 bits per heavy atom. The summed E-state index contributed by atoms with van der Waals surface area (Å²) >= 11 is 0. The molecule has 0 radical (unpaired) electrons. The van der Waals surface area contributed by atoms with Crippen LogP contribution in [-0.2, 0) is 0 Å². The highest BCUT2D eigenvalue weighted by atomic mass is 19.1. The van der Waals surface area contributed by atoms with E-state index in [9.17, 15) is 9.18 Å². The van der Waals surface area contributed by atoms with Crippen molar-refractivity contribution >= 4 is 17.4 Å². The predicted octanol–water partition coefficient (Wildman–Crippen LogP) is 3.88. The van der Waals surface area contributed by atoms with Crippen molar-refractivity contribution in [1.29, 1.82) is 0 Å². The largest absolute Gasteiger partial charge is 0.371 e. The highest BCUT2D eigenvalue weighted by Crippen LogP contribution is 2.26. The molecule has 1 saturated carbocycles. The molecule has 0 aromatic heterocycles. The minimum absolute atomic E-state index is 0.221. The van der Waals surface area contributed by atoms with Gasteiger partial charge in [0.25, 0.3) is 0 Å². The lowest BCUT2D eigenvalue weighted by Crippen LogP contribution is -2.39. The molecule has 0 atom stereocenters. The van der Waals surface area contributed by atoms with Crippen molar-refractivity contribution in [3.8, 4) is 0 Å². The first-order valence-electron chi connectivity index (χ1n) is 8.34. The van der Waals surface area contributed by atoms with E-state index in [0.717, 1.165) is 44.5 Å². The van der Waals surface area contributed by atoms with Gasteiger partial charge in [-0.25, -0.2) is 9.18 Å². The van der Waals surface area contributed by atoms with E-state index in [1.54, 1.807) is 12.1 Å². The quantitative estimate of drug-likeness (QED) is 0.890. The normalized spacial score (nSPS) is 19.2. The van der Waals surface area contributed by atoms with Gasteiger partial charge >= 0.3 is 6.03 Å². The Hall–Kier alpha value is -1.78. The molecule has 1 aliphatic carbocycles. The molecule has 0 bridgehead atoms. The Kier molecular flexibility index (Phi) is 4.80. The number of carbonyl (C=O) groups excluding carboxylic acids is 1. The van der Waals surface area contributed by atoms with Gasteiger partial charge in [-0.05, 0) is 43.9 Å². The number of urea groups is 1. The summed E-state index contributed by atoms with van der Waals surface area (Å²) in [6.45, 7) is 2.00. The fourth-order valence-corrected chi connectivity index (χ4v) is 3.37. The first kappa shape index (κ1) is 15.1. The summed E-state index contributed by atoms with van der Waals surface area (Å²) in [7, 11) is 0. The summed E-state index contributed by atoms with van der Waals surface area (Å²) in [5, 5.41) is 5.62. The maximum atomic E-state index is 13.9. The number of rotatable bonds is 3. The first-order valence-corrected chi connectivity index (χ1v) is 8.34. The SMILES string of the molecule is O=C(Nc1cc(N2CCCC2)ccc1F)NC1CCCCC1. The summed E-state index contributed by atoms with van der Waals surface area (Å²) in [5.74, 6) is -0.387. The third-order valence-corrected chi connectivity index (χ3v) is 4.61. The lowest BCUT2D eigenvalue weighted by atomic mass is 9.96. The molecule has 1 aromatic carbocycles. The fraction of sp³-hybridized carbons (Fsp3) is 0.588. The van der Waals surface area contributed by atoms with Gasteiger partial charge in [0.2, 0.25) is 0 Å². The summed E-state index contributed by atoms with van der Waals surface area (Å²) < 4.78 is 13.9. The molecule has 0 spiro atoms. The van der Waals surface area contributed by atoms with Crippen molar-refractivity contribution in [2.75, 3.05) is 23.3 Å². The van der Waals surface area contributed by atoms with Crippen molar-refractivity contribution in [2.45, 2.75) is 51.0 Å². The second kappa shape index (κ2) is 6.99. The average Bonchev–Trinajstić information content (AvgIpc) is 3.05. The molecule has 0 unspecified atom stereocenters. The van der Waals surface area contributed by atoms with E-state index in [-0.39, 0.29) is 23.6 Å². The summed E-state index contributed by atoms with van der Waals surface area (Å²) in [6, 6.07) is 4.87. The van der Waals surface area contributed by atoms with Crippen LogP contribution in [0.3, 0.4) is 0 Å². The van der Waals surface area contributed by atoms with Gasteiger partial charge in [0, 0.05) is 24.8 Å². The van der Waals surface area contributed by atoms with Gasteiger partial charge in [0.1, 0.15) is 5.82 Å². The second-order valence-electron chi connectivity index (χ2n) is 6.29. The van der Waals surface area contributed by atoms with Crippen LogP contribution in [-0.4, -0.2) is 25.2 Å². The van der Waals surface area contributed by atoms with Gasteiger partial charge in [-0.15, -0.1) is 0 Å². The molecule has 5 heteroatoms. The molecule has 3 rings (SSSR count). The van der Waals surface area contributed by atoms with Crippen LogP contribution in [0.2, 0.25) is 0 Å². The Balaban J connectivity index is 1.62. The highest BCUT2D eigenvalue weighted by Gasteiger charge is 2.18. The van der Waals surface area contributed by atoms with Gasteiger partial charge in [-0.1, -0.05) is 19.3 Å². The number of hydrogen-bond donors (Lipinski definition) is 2. The molecule has 1 heterocycles. The second-order valence-corrected chi connectivity index (χ2v) is 6.29. The van der Waals surface area contributed by atoms with Crippen molar-refractivity contribution in [3.63, 3.8) is 0 Å². The smallest absolute Gasteiger partial charge is 0.319 e. The molecule has 2 aliphatic rings. The third-order valence-electron chi connectivity index (χ3n) is 4.61. The number of amides is 2. The van der Waals surface area contributed by atoms with Crippen molar-refractivity contribution in [1.82, 2.24) is 5.32 Å². The number of carbonyl (C=O) groups is 1. The maximum Gasteiger partial charge on any atom is 0.319 e. The van der Waals surface area contributed by atoms with Crippen molar-refractivity contribution in [3.05, 3.63) is 24.0 Å². The molecular weight excluding hydrogens is 281 g/mol. The number of anilines is 2. The minimum atomic E-state index is -0.387. The number of nitrogens with one attached hydrogen (secondary N) is 2. The number of nitrogens with zero attached hydrogens (tertiary/aromatic N) is 1. The zero-order valence-corrected chi connectivity index (χ0v) is 12.9. The van der Waals surface area contributed by atoms with Crippen LogP contribution in [0.1, 0.15) is 44.9 Å². The highest BCUT2D eigenvalue weighted by molar-refractivity contribution is 5.90. The molecule has 2 amide bonds. The topological polar surface area (TPSA) is 44.4 Å². The summed E-state index contributed by atoms with van der Waals surface area (Å²) in [6.07, 6.45) is 7.93. The van der Waals surface area contributed by atoms with Crippen LogP contribution in [0.5, 0.6) is 0 Å². The third kappa shape index (κ3) is 3.70. The van der Waals surface area contributed by atoms with Crippen molar-refractivity contribution in [2.24, 2.45) is 0 Å². The van der Waals surface area contributed by atoms with Crippen LogP contribution in [0.25, 0.3) is 0 Å². The lowest BCUT2D eigenvalue weighted by Gasteiger charge is -2.23. The van der Waals surface area contributed by atoms with Crippen LogP contribution < -0.4 is 15.5 Å². The van der Waals surface area contributed by atoms with E-state index in [1.165, 1.54) is 25.3 Å². The zero-order chi connectivity index (χ0) is 15.4. The number of hydrogen-bond acceptors (Lipinski definition) is 2. The van der Waals surface area contributed by atoms with Gasteiger partial charge in [0.15, 0.2) is 0 Å². The van der Waals surface area contributed by atoms with E-state index in [0.29, 0.717) is 0 Å². The van der Waals surface area contributed by atoms with E-state index in [2.05, 4.69) is 15.5 Å². The molecule has 2 fully saturated rings. The van der Waals surface area contributed by atoms with E-state index >= 15 is 0 Å². The van der Waals surface area contributed by atoms with Crippen LogP contribution in [0, 0.1) is 5.82 Å². The van der Waals surface area contributed by atoms with Crippen molar-refractivity contribution < 1.29 is 9.18 Å². The van der Waals surface area contributed by atoms with Crippen LogP contribution in [0.4, 0.5) is 20.6 Å². The fourth-order valence-electron chi connectivity index (χ4n) is 3.37. The Labute approximate surface area is 131 Å². The van der Waals surface area contributed by atoms with E-state index < -0.39 is 0 Å². The Morgan fingerprint density at radius 1 is 1.09 bits per heavy atom. The number of benzene rings is 1. The summed E-state index contributed by atoms with van der Waals surface area (Å²) in [4.78, 5) is 14.3. The lowest BCUT2D eigenvalue weighted by molar-refractivity contribution is 0.244. The molecule has 2 N–H and O–H groups in total. The molecule has 22 heavy (non-hydrogen) atoms. The van der Waals surface area contributed by atoms with Gasteiger partial charge in [0.05, 0.1) is 5.69 Å². The standard InChI is InChI=1S/C17H24FN3O/c18-15-9-8-14(21-10-4-5-11-21)12-16(15)20-17(22)19-13-6-2-1-3-7-13/h8-9,12-13H,1-7,10-11H2,(H2,19,20,22). The minimum Gasteiger partial charge on any atom is -0.371 e. The number of halogens is 1. The molecule has 120 valence electrons. The first-order chi connectivity index (χ1) is 10.7. The monoisotopic (exact) mass is 305 g/mol. The average molecular weight is 305 g/mol. The van der Waals surface area contributed by atoms with Gasteiger partial charge in [-0.2, -0.15) is 0 Å². The molecule has 4 nitrogen and oxygen atoms in total. The van der Waals surface area contributed by atoms with E-state index in [1.807, 2.05) is 0 Å². The van der Waals surface area contributed by atoms with E-state index in [4.69, 9.17) is 0 Å². The maximum absolute atomic E-state index is 13.9. The molecule has 1 saturated heterocycles. The molecular formula is C17H24FN3O.